The Hall–Kier alpha value is -2.04. The first-order valence-corrected chi connectivity index (χ1v) is 8.48. The molecule has 0 spiro atoms. The van der Waals surface area contributed by atoms with Crippen LogP contribution in [0.3, 0.4) is 0 Å². The van der Waals surface area contributed by atoms with E-state index >= 15 is 0 Å². The van der Waals surface area contributed by atoms with Crippen LogP contribution in [0, 0.1) is 16.0 Å². The van der Waals surface area contributed by atoms with Gasteiger partial charge in [0.15, 0.2) is 0 Å². The van der Waals surface area contributed by atoms with Gasteiger partial charge in [-0.15, -0.1) is 0 Å². The maximum atomic E-state index is 11.4. The Kier molecular flexibility index (Phi) is 3.74. The van der Waals surface area contributed by atoms with Crippen LogP contribution < -0.4 is 5.32 Å². The van der Waals surface area contributed by atoms with Gasteiger partial charge in [-0.3, -0.25) is 10.1 Å². The molecule has 4 nitrogen and oxygen atoms in total. The molecule has 0 saturated carbocycles. The number of hydrogen-bond donors (Lipinski definition) is 1. The number of nitrogens with one attached hydrogen (secondary N) is 1. The lowest BCUT2D eigenvalue weighted by Crippen LogP contribution is -2.30. The van der Waals surface area contributed by atoms with Gasteiger partial charge in [-0.05, 0) is 24.5 Å². The summed E-state index contributed by atoms with van der Waals surface area (Å²) >= 11 is 12.8. The zero-order valence-electron chi connectivity index (χ0n) is 12.6. The van der Waals surface area contributed by atoms with E-state index < -0.39 is 0 Å². The highest BCUT2D eigenvalue weighted by Crippen LogP contribution is 2.54. The van der Waals surface area contributed by atoms with E-state index in [2.05, 4.69) is 17.5 Å². The topological polar surface area (TPSA) is 55.2 Å². The van der Waals surface area contributed by atoms with E-state index in [1.54, 1.807) is 24.3 Å². The monoisotopic (exact) mass is 360 g/mol. The van der Waals surface area contributed by atoms with Crippen molar-refractivity contribution in [3.8, 4) is 0 Å². The van der Waals surface area contributed by atoms with Crippen molar-refractivity contribution in [2.75, 3.05) is 5.32 Å². The normalized spacial score (nSPS) is 24.2. The predicted molar refractivity (Wildman–Crippen MR) is 95.9 cm³/mol. The number of rotatable bonds is 2. The highest BCUT2D eigenvalue weighted by molar-refractivity contribution is 6.36. The zero-order chi connectivity index (χ0) is 16.8. The van der Waals surface area contributed by atoms with Gasteiger partial charge in [0.25, 0.3) is 5.69 Å². The number of nitro benzene ring substituents is 1. The molecule has 0 unspecified atom stereocenters. The van der Waals surface area contributed by atoms with Crippen molar-refractivity contribution in [1.82, 2.24) is 0 Å². The van der Waals surface area contributed by atoms with Crippen molar-refractivity contribution in [2.45, 2.75) is 18.4 Å². The summed E-state index contributed by atoms with van der Waals surface area (Å²) in [6.45, 7) is 0. The summed E-state index contributed by atoms with van der Waals surface area (Å²) in [7, 11) is 0. The van der Waals surface area contributed by atoms with E-state index in [-0.39, 0.29) is 28.5 Å². The molecule has 1 aliphatic heterocycles. The number of para-hydroxylation sites is 1. The van der Waals surface area contributed by atoms with Gasteiger partial charge in [0.05, 0.1) is 27.2 Å². The first-order valence-electron chi connectivity index (χ1n) is 7.72. The largest absolute Gasteiger partial charge is 0.376 e. The van der Waals surface area contributed by atoms with Gasteiger partial charge in [0.2, 0.25) is 0 Å². The van der Waals surface area contributed by atoms with Gasteiger partial charge in [0, 0.05) is 22.6 Å². The number of benzene rings is 2. The third-order valence-corrected chi connectivity index (χ3v) is 5.53. The number of halogens is 2. The summed E-state index contributed by atoms with van der Waals surface area (Å²) in [6.07, 6.45) is 5.09. The first-order chi connectivity index (χ1) is 11.6. The van der Waals surface area contributed by atoms with Gasteiger partial charge < -0.3 is 5.32 Å². The van der Waals surface area contributed by atoms with Crippen molar-refractivity contribution >= 4 is 34.6 Å². The molecule has 1 heterocycles. The Balaban J connectivity index is 1.88. The molecular weight excluding hydrogens is 347 g/mol. The van der Waals surface area contributed by atoms with Crippen molar-refractivity contribution < 1.29 is 4.92 Å². The second kappa shape index (κ2) is 5.80. The van der Waals surface area contributed by atoms with Crippen LogP contribution in [0.5, 0.6) is 0 Å². The number of allylic oxidation sites excluding steroid dienone is 2. The van der Waals surface area contributed by atoms with Crippen LogP contribution in [-0.4, -0.2) is 4.92 Å². The second-order valence-corrected chi connectivity index (χ2v) is 6.92. The van der Waals surface area contributed by atoms with E-state index in [4.69, 9.17) is 23.2 Å². The van der Waals surface area contributed by atoms with Crippen molar-refractivity contribution in [2.24, 2.45) is 5.92 Å². The molecule has 0 aromatic heterocycles. The molecule has 6 heteroatoms. The van der Waals surface area contributed by atoms with E-state index in [0.717, 1.165) is 17.7 Å². The molecular formula is C18H14Cl2N2O2. The first kappa shape index (κ1) is 15.5. The summed E-state index contributed by atoms with van der Waals surface area (Å²) in [4.78, 5) is 11.1. The Morgan fingerprint density at radius 1 is 1.12 bits per heavy atom. The maximum absolute atomic E-state index is 11.4. The molecule has 122 valence electrons. The van der Waals surface area contributed by atoms with Gasteiger partial charge in [-0.2, -0.15) is 0 Å². The second-order valence-electron chi connectivity index (χ2n) is 6.11. The molecule has 0 radical (unpaired) electrons. The molecule has 2 aliphatic rings. The molecule has 0 fully saturated rings. The van der Waals surface area contributed by atoms with Crippen LogP contribution in [0.15, 0.2) is 48.6 Å². The highest BCUT2D eigenvalue weighted by Gasteiger charge is 2.41. The Labute approximate surface area is 149 Å². The molecule has 2 aromatic carbocycles. The maximum Gasteiger partial charge on any atom is 0.274 e. The van der Waals surface area contributed by atoms with E-state index in [1.165, 1.54) is 0 Å². The average molecular weight is 361 g/mol. The SMILES string of the molecule is O=[N+]([O-])c1ccccc1[C@H]1Nc2c(Cl)ccc(Cl)c2[C@H]2C=CC[C@@H]21. The molecule has 24 heavy (non-hydrogen) atoms. The summed E-state index contributed by atoms with van der Waals surface area (Å²) in [5, 5.41) is 16.1. The third kappa shape index (κ3) is 2.29. The zero-order valence-corrected chi connectivity index (χ0v) is 14.1. The highest BCUT2D eigenvalue weighted by atomic mass is 35.5. The van der Waals surface area contributed by atoms with Crippen LogP contribution in [0.1, 0.15) is 29.5 Å². The third-order valence-electron chi connectivity index (χ3n) is 4.88. The quantitative estimate of drug-likeness (QED) is 0.422. The molecule has 4 rings (SSSR count). The summed E-state index contributed by atoms with van der Waals surface area (Å²) in [6, 6.07) is 10.3. The van der Waals surface area contributed by atoms with Gasteiger partial charge >= 0.3 is 0 Å². The van der Waals surface area contributed by atoms with Crippen molar-refractivity contribution in [3.63, 3.8) is 0 Å². The van der Waals surface area contributed by atoms with E-state index in [1.807, 2.05) is 12.1 Å². The lowest BCUT2D eigenvalue weighted by atomic mass is 9.76. The van der Waals surface area contributed by atoms with Crippen molar-refractivity contribution in [3.05, 3.63) is 79.8 Å². The van der Waals surface area contributed by atoms with Crippen LogP contribution in [0.2, 0.25) is 10.0 Å². The fraction of sp³-hybridized carbons (Fsp3) is 0.222. The minimum absolute atomic E-state index is 0.109. The Bertz CT molecular complexity index is 866. The molecule has 1 aliphatic carbocycles. The van der Waals surface area contributed by atoms with Gasteiger partial charge in [-0.1, -0.05) is 53.6 Å². The number of fused-ring (bicyclic) bond motifs is 3. The predicted octanol–water partition coefficient (Wildman–Crippen LogP) is 5.73. The summed E-state index contributed by atoms with van der Waals surface area (Å²) in [5.41, 5.74) is 2.57. The Morgan fingerprint density at radius 3 is 2.67 bits per heavy atom. The Morgan fingerprint density at radius 2 is 1.88 bits per heavy atom. The standard InChI is InChI=1S/C18H14Cl2N2O2/c19-13-8-9-14(20)18-16(13)10-5-3-6-11(10)17(21-18)12-4-1-2-7-15(12)22(23)24/h1-5,7-11,17,21H,6H2/t10-,11-,17-/m0/s1. The fourth-order valence-electron chi connectivity index (χ4n) is 3.85. The molecule has 0 saturated heterocycles. The lowest BCUT2D eigenvalue weighted by Gasteiger charge is -2.38. The fourth-order valence-corrected chi connectivity index (χ4v) is 4.36. The van der Waals surface area contributed by atoms with E-state index in [0.29, 0.717) is 15.6 Å². The summed E-state index contributed by atoms with van der Waals surface area (Å²) in [5.74, 6) is 0.284. The number of nitro groups is 1. The van der Waals surface area contributed by atoms with E-state index in [9.17, 15) is 10.1 Å². The smallest absolute Gasteiger partial charge is 0.274 e. The van der Waals surface area contributed by atoms with Crippen LogP contribution >= 0.6 is 23.2 Å². The van der Waals surface area contributed by atoms with Crippen LogP contribution in [0.4, 0.5) is 11.4 Å². The molecule has 1 N–H and O–H groups in total. The van der Waals surface area contributed by atoms with Gasteiger partial charge in [-0.25, -0.2) is 0 Å². The molecule has 0 bridgehead atoms. The molecule has 3 atom stereocenters. The molecule has 0 amide bonds. The van der Waals surface area contributed by atoms with Crippen LogP contribution in [-0.2, 0) is 0 Å². The minimum atomic E-state index is -0.330. The minimum Gasteiger partial charge on any atom is -0.376 e. The van der Waals surface area contributed by atoms with Crippen LogP contribution in [0.25, 0.3) is 0 Å². The number of nitrogens with zero attached hydrogens (tertiary/aromatic N) is 1. The number of anilines is 1. The molecule has 2 aromatic rings. The van der Waals surface area contributed by atoms with Crippen molar-refractivity contribution in [1.29, 1.82) is 0 Å². The number of hydrogen-bond acceptors (Lipinski definition) is 3. The van der Waals surface area contributed by atoms with Gasteiger partial charge in [0.1, 0.15) is 0 Å². The summed E-state index contributed by atoms with van der Waals surface area (Å²) < 4.78 is 0. The average Bonchev–Trinajstić information content (AvgIpc) is 3.06. The lowest BCUT2D eigenvalue weighted by molar-refractivity contribution is -0.385.